The molecule has 8 heteroatoms. The third-order valence-electron chi connectivity index (χ3n) is 6.38. The molecule has 34 heavy (non-hydrogen) atoms. The molecule has 0 saturated heterocycles. The zero-order chi connectivity index (χ0) is 24.1. The molecular weight excluding hydrogens is 436 g/mol. The van der Waals surface area contributed by atoms with Crippen LogP contribution in [0.2, 0.25) is 0 Å². The topological polar surface area (TPSA) is 114 Å². The first-order valence-electron chi connectivity index (χ1n) is 11.6. The number of hydrogen-bond donors (Lipinski definition) is 3. The van der Waals surface area contributed by atoms with Gasteiger partial charge in [0.1, 0.15) is 6.61 Å². The van der Waals surface area contributed by atoms with Crippen molar-refractivity contribution in [1.29, 1.82) is 0 Å². The van der Waals surface area contributed by atoms with E-state index in [4.69, 9.17) is 14.6 Å². The van der Waals surface area contributed by atoms with Gasteiger partial charge in [0.2, 0.25) is 5.91 Å². The van der Waals surface area contributed by atoms with Crippen LogP contribution in [0.1, 0.15) is 49.7 Å². The molecule has 3 N–H and O–H groups in total. The second-order valence-corrected chi connectivity index (χ2v) is 8.89. The minimum atomic E-state index is -0.934. The summed E-state index contributed by atoms with van der Waals surface area (Å²) in [6.07, 6.45) is 0.141. The SMILES string of the molecule is CCOC(CNC(=O)OCC1c2ccccc2-c2ccccc21)CC(=O)NC1(CC(=O)O)CC1. The molecule has 0 spiro atoms. The van der Waals surface area contributed by atoms with Gasteiger partial charge in [0.25, 0.3) is 0 Å². The van der Waals surface area contributed by atoms with Crippen molar-refractivity contribution in [2.45, 2.75) is 50.2 Å². The van der Waals surface area contributed by atoms with Gasteiger partial charge in [0.15, 0.2) is 0 Å². The summed E-state index contributed by atoms with van der Waals surface area (Å²) in [6.45, 7) is 2.51. The summed E-state index contributed by atoms with van der Waals surface area (Å²) in [5, 5.41) is 14.5. The van der Waals surface area contributed by atoms with Gasteiger partial charge in [0, 0.05) is 19.1 Å². The average molecular weight is 467 g/mol. The van der Waals surface area contributed by atoms with Crippen LogP contribution in [0.5, 0.6) is 0 Å². The van der Waals surface area contributed by atoms with Gasteiger partial charge < -0.3 is 25.2 Å². The van der Waals surface area contributed by atoms with E-state index in [2.05, 4.69) is 34.9 Å². The summed E-state index contributed by atoms with van der Waals surface area (Å²) in [6, 6.07) is 16.2. The zero-order valence-electron chi connectivity index (χ0n) is 19.2. The highest BCUT2D eigenvalue weighted by Crippen LogP contribution is 2.44. The zero-order valence-corrected chi connectivity index (χ0v) is 19.2. The summed E-state index contributed by atoms with van der Waals surface area (Å²) in [7, 11) is 0. The standard InChI is InChI=1S/C26H30N2O6/c1-2-33-17(13-23(29)28-26(11-12-26)14-24(30)31)15-27-25(32)34-16-22-20-9-5-3-7-18(20)19-8-4-6-10-21(19)22/h3-10,17,22H,2,11-16H2,1H3,(H,27,32)(H,28,29)(H,30,31). The quantitative estimate of drug-likeness (QED) is 0.467. The number of carbonyl (C=O) groups excluding carboxylic acids is 2. The molecule has 2 amide bonds. The van der Waals surface area contributed by atoms with E-state index in [1.807, 2.05) is 31.2 Å². The number of aliphatic carboxylic acids is 1. The Morgan fingerprint density at radius 1 is 1.06 bits per heavy atom. The normalized spacial score (nSPS) is 16.1. The van der Waals surface area contributed by atoms with Crippen LogP contribution in [-0.4, -0.2) is 54.5 Å². The predicted molar refractivity (Wildman–Crippen MR) is 125 cm³/mol. The molecule has 1 atom stereocenters. The summed E-state index contributed by atoms with van der Waals surface area (Å²) in [4.78, 5) is 35.8. The number of carboxylic acid groups (broad SMARTS) is 1. The smallest absolute Gasteiger partial charge is 0.407 e. The lowest BCUT2D eigenvalue weighted by Gasteiger charge is -2.20. The number of fused-ring (bicyclic) bond motifs is 3. The number of carbonyl (C=O) groups is 3. The summed E-state index contributed by atoms with van der Waals surface area (Å²) in [5.41, 5.74) is 3.95. The van der Waals surface area contributed by atoms with E-state index in [0.717, 1.165) is 22.3 Å². The maximum atomic E-state index is 12.4. The number of nitrogens with one attached hydrogen (secondary N) is 2. The van der Waals surface area contributed by atoms with E-state index in [1.54, 1.807) is 0 Å². The molecule has 0 aliphatic heterocycles. The molecule has 0 heterocycles. The predicted octanol–water partition coefficient (Wildman–Crippen LogP) is 3.44. The van der Waals surface area contributed by atoms with Crippen molar-refractivity contribution in [3.05, 3.63) is 59.7 Å². The van der Waals surface area contributed by atoms with Crippen molar-refractivity contribution in [1.82, 2.24) is 10.6 Å². The number of carboxylic acids is 1. The van der Waals surface area contributed by atoms with E-state index in [-0.39, 0.29) is 37.8 Å². The fourth-order valence-corrected chi connectivity index (χ4v) is 4.61. The number of ether oxygens (including phenoxy) is 2. The monoisotopic (exact) mass is 466 g/mol. The Morgan fingerprint density at radius 2 is 1.68 bits per heavy atom. The van der Waals surface area contributed by atoms with E-state index < -0.39 is 23.7 Å². The Bertz CT molecular complexity index is 1020. The molecular formula is C26H30N2O6. The van der Waals surface area contributed by atoms with Crippen LogP contribution in [0.4, 0.5) is 4.79 Å². The summed E-state index contributed by atoms with van der Waals surface area (Å²) < 4.78 is 11.1. The Hall–Kier alpha value is -3.39. The van der Waals surface area contributed by atoms with Crippen LogP contribution in [0, 0.1) is 0 Å². The molecule has 1 fully saturated rings. The first-order valence-corrected chi connectivity index (χ1v) is 11.6. The van der Waals surface area contributed by atoms with E-state index >= 15 is 0 Å². The number of rotatable bonds is 11. The van der Waals surface area contributed by atoms with Gasteiger partial charge in [-0.25, -0.2) is 4.79 Å². The molecule has 0 radical (unpaired) electrons. The van der Waals surface area contributed by atoms with Gasteiger partial charge in [-0.1, -0.05) is 48.5 Å². The van der Waals surface area contributed by atoms with Crippen LogP contribution in [-0.2, 0) is 19.1 Å². The molecule has 1 unspecified atom stereocenters. The van der Waals surface area contributed by atoms with Crippen LogP contribution < -0.4 is 10.6 Å². The van der Waals surface area contributed by atoms with Crippen LogP contribution in [0.25, 0.3) is 11.1 Å². The van der Waals surface area contributed by atoms with Gasteiger partial charge >= 0.3 is 12.1 Å². The van der Waals surface area contributed by atoms with Crippen molar-refractivity contribution in [2.75, 3.05) is 19.8 Å². The van der Waals surface area contributed by atoms with Crippen molar-refractivity contribution in [2.24, 2.45) is 0 Å². The van der Waals surface area contributed by atoms with E-state index in [0.29, 0.717) is 19.4 Å². The van der Waals surface area contributed by atoms with Gasteiger partial charge in [-0.15, -0.1) is 0 Å². The molecule has 4 rings (SSSR count). The van der Waals surface area contributed by atoms with Crippen molar-refractivity contribution >= 4 is 18.0 Å². The van der Waals surface area contributed by atoms with Crippen LogP contribution in [0.3, 0.4) is 0 Å². The molecule has 1 saturated carbocycles. The first-order chi connectivity index (χ1) is 16.4. The highest BCUT2D eigenvalue weighted by atomic mass is 16.5. The number of benzene rings is 2. The van der Waals surface area contributed by atoms with Gasteiger partial charge in [-0.05, 0) is 42.0 Å². The Balaban J connectivity index is 1.28. The minimum Gasteiger partial charge on any atom is -0.481 e. The van der Waals surface area contributed by atoms with Crippen LogP contribution in [0.15, 0.2) is 48.5 Å². The molecule has 8 nitrogen and oxygen atoms in total. The van der Waals surface area contributed by atoms with Crippen molar-refractivity contribution in [3.8, 4) is 11.1 Å². The summed E-state index contributed by atoms with van der Waals surface area (Å²) >= 11 is 0. The van der Waals surface area contributed by atoms with Gasteiger partial charge in [-0.3, -0.25) is 9.59 Å². The average Bonchev–Trinajstić information content (AvgIpc) is 3.47. The third kappa shape index (κ3) is 5.56. The molecule has 2 aliphatic rings. The largest absolute Gasteiger partial charge is 0.481 e. The Labute approximate surface area is 198 Å². The molecule has 0 aromatic heterocycles. The molecule has 2 aromatic carbocycles. The highest BCUT2D eigenvalue weighted by Gasteiger charge is 2.45. The molecule has 0 bridgehead atoms. The van der Waals surface area contributed by atoms with E-state index in [9.17, 15) is 14.4 Å². The highest BCUT2D eigenvalue weighted by molar-refractivity contribution is 5.80. The lowest BCUT2D eigenvalue weighted by atomic mass is 9.98. The maximum Gasteiger partial charge on any atom is 0.407 e. The number of amides is 2. The fourth-order valence-electron chi connectivity index (χ4n) is 4.61. The Kier molecular flexibility index (Phi) is 7.17. The Morgan fingerprint density at radius 3 is 2.24 bits per heavy atom. The second kappa shape index (κ2) is 10.3. The second-order valence-electron chi connectivity index (χ2n) is 8.89. The van der Waals surface area contributed by atoms with Crippen molar-refractivity contribution < 1.29 is 29.0 Å². The minimum absolute atomic E-state index is 0.0267. The van der Waals surface area contributed by atoms with Crippen LogP contribution >= 0.6 is 0 Å². The maximum absolute atomic E-state index is 12.4. The lowest BCUT2D eigenvalue weighted by Crippen LogP contribution is -2.42. The van der Waals surface area contributed by atoms with Crippen molar-refractivity contribution in [3.63, 3.8) is 0 Å². The third-order valence-corrected chi connectivity index (χ3v) is 6.38. The molecule has 2 aromatic rings. The van der Waals surface area contributed by atoms with Gasteiger partial charge in [-0.2, -0.15) is 0 Å². The number of hydrogen-bond acceptors (Lipinski definition) is 5. The first kappa shape index (κ1) is 23.8. The van der Waals surface area contributed by atoms with Gasteiger partial charge in [0.05, 0.1) is 24.5 Å². The fraction of sp³-hybridized carbons (Fsp3) is 0.423. The number of alkyl carbamates (subject to hydrolysis) is 1. The lowest BCUT2D eigenvalue weighted by molar-refractivity contribution is -0.138. The van der Waals surface area contributed by atoms with E-state index in [1.165, 1.54) is 0 Å². The molecule has 180 valence electrons. The summed E-state index contributed by atoms with van der Waals surface area (Å²) in [5.74, 6) is -1.25. The molecule has 2 aliphatic carbocycles.